The molecule has 6 atom stereocenters. The van der Waals surface area contributed by atoms with E-state index in [-0.39, 0.29) is 41.2 Å². The Bertz CT molecular complexity index is 2500. The van der Waals surface area contributed by atoms with E-state index in [2.05, 4.69) is 10.4 Å². The molecule has 298 valence electrons. The molecule has 3 fully saturated rings. The van der Waals surface area contributed by atoms with Gasteiger partial charge in [0.15, 0.2) is 5.82 Å². The molecular formula is C40H29Cl2F3N4O9. The first-order valence-electron chi connectivity index (χ1n) is 17.6. The number of aromatic nitrogens is 1. The summed E-state index contributed by atoms with van der Waals surface area (Å²) in [6.07, 6.45) is -2.80. The van der Waals surface area contributed by atoms with Gasteiger partial charge >= 0.3 is 12.1 Å². The molecule has 1 aromatic heterocycles. The highest BCUT2D eigenvalue weighted by molar-refractivity contribution is 6.33. The number of phenols is 2. The number of amides is 4. The van der Waals surface area contributed by atoms with E-state index in [0.29, 0.717) is 27.9 Å². The number of aromatic hydroxyl groups is 2. The van der Waals surface area contributed by atoms with Crippen LogP contribution in [0.15, 0.2) is 84.6 Å². The van der Waals surface area contributed by atoms with E-state index in [4.69, 9.17) is 27.9 Å². The van der Waals surface area contributed by atoms with Gasteiger partial charge in [-0.3, -0.25) is 24.6 Å². The van der Waals surface area contributed by atoms with Crippen LogP contribution in [0.5, 0.6) is 17.2 Å². The molecule has 4 amide bonds. The van der Waals surface area contributed by atoms with E-state index in [9.17, 15) is 47.7 Å². The molecule has 0 bridgehead atoms. The molecule has 13 nitrogen and oxygen atoms in total. The van der Waals surface area contributed by atoms with Crippen LogP contribution in [-0.4, -0.2) is 62.0 Å². The molecule has 1 saturated carbocycles. The highest BCUT2D eigenvalue weighted by Crippen LogP contribution is 2.65. The number of carbonyl (C=O) groups excluding carboxylic acids is 4. The van der Waals surface area contributed by atoms with Crippen molar-refractivity contribution in [2.45, 2.75) is 30.4 Å². The molecule has 2 aliphatic carbocycles. The third-order valence-corrected chi connectivity index (χ3v) is 12.1. The SMILES string of the molecule is COc1ccc(C2C3=CCC4C(=O)N(c5ccc(C(=O)O)c(O)c5)C(=O)C4C3CC3C(=O)N(Nc4ncc(C(F)(F)F)cc4Cl)C(=O)C32c2ccc(Cl)cc2)c(O)c1. The molecule has 8 rings (SSSR count). The van der Waals surface area contributed by atoms with Crippen LogP contribution in [0.2, 0.25) is 10.0 Å². The minimum atomic E-state index is -4.80. The monoisotopic (exact) mass is 836 g/mol. The predicted octanol–water partition coefficient (Wildman–Crippen LogP) is 6.71. The highest BCUT2D eigenvalue weighted by Gasteiger charge is 2.70. The number of hydrogen-bond donors (Lipinski definition) is 4. The zero-order valence-electron chi connectivity index (χ0n) is 29.8. The van der Waals surface area contributed by atoms with Gasteiger partial charge in [0.2, 0.25) is 11.8 Å². The summed E-state index contributed by atoms with van der Waals surface area (Å²) in [7, 11) is 1.38. The number of alkyl halides is 3. The number of benzene rings is 3. The summed E-state index contributed by atoms with van der Waals surface area (Å²) < 4.78 is 45.8. The number of halogens is 5. The Morgan fingerprint density at radius 2 is 1.66 bits per heavy atom. The summed E-state index contributed by atoms with van der Waals surface area (Å²) in [5.74, 6) is -11.2. The number of nitrogens with zero attached hydrogens (tertiary/aromatic N) is 3. The van der Waals surface area contributed by atoms with E-state index in [1.807, 2.05) is 0 Å². The van der Waals surface area contributed by atoms with Crippen molar-refractivity contribution >= 4 is 64.3 Å². The van der Waals surface area contributed by atoms with Crippen molar-refractivity contribution in [1.82, 2.24) is 9.99 Å². The maximum atomic E-state index is 15.3. The number of hydrazine groups is 1. The Hall–Kier alpha value is -6.13. The lowest BCUT2D eigenvalue weighted by Crippen LogP contribution is -2.53. The first-order chi connectivity index (χ1) is 27.5. The van der Waals surface area contributed by atoms with Crippen LogP contribution in [0.1, 0.15) is 45.8 Å². The van der Waals surface area contributed by atoms with Crippen LogP contribution in [-0.2, 0) is 30.8 Å². The maximum Gasteiger partial charge on any atom is 0.417 e. The van der Waals surface area contributed by atoms with E-state index in [1.54, 1.807) is 18.2 Å². The standard InChI is InChI=1S/C40H29Cl2F3N4O9/c1-58-21-7-9-23(30(51)14-21)32-22-10-11-25-31(36(54)48(34(25)52)20-6-8-24(37(55)56)29(50)13-20)26(22)15-27-35(53)49(38(57)39(27,32)17-2-4-19(41)5-3-17)47-33-28(42)12-18(16-46-33)40(43,44)45/h2-10,12-14,16,25-27,31-32,50-51H,11,15H2,1H3,(H,46,47)(H,55,56). The fourth-order valence-corrected chi connectivity index (χ4v) is 9.45. The second-order valence-corrected chi connectivity index (χ2v) is 15.2. The van der Waals surface area contributed by atoms with Crippen molar-refractivity contribution in [2.24, 2.45) is 23.7 Å². The van der Waals surface area contributed by atoms with Gasteiger partial charge in [0.05, 0.1) is 46.6 Å². The molecule has 0 radical (unpaired) electrons. The molecule has 3 heterocycles. The average Bonchev–Trinajstić information content (AvgIpc) is 3.56. The Kier molecular flexibility index (Phi) is 9.19. The summed E-state index contributed by atoms with van der Waals surface area (Å²) in [4.78, 5) is 74.9. The highest BCUT2D eigenvalue weighted by atomic mass is 35.5. The number of carbonyl (C=O) groups is 5. The smallest absolute Gasteiger partial charge is 0.417 e. The van der Waals surface area contributed by atoms with Crippen LogP contribution >= 0.6 is 23.2 Å². The number of anilines is 2. The van der Waals surface area contributed by atoms with Crippen molar-refractivity contribution in [2.75, 3.05) is 17.4 Å². The summed E-state index contributed by atoms with van der Waals surface area (Å²) in [6.45, 7) is 0. The largest absolute Gasteiger partial charge is 0.508 e. The van der Waals surface area contributed by atoms with Crippen LogP contribution in [0.4, 0.5) is 24.7 Å². The molecule has 4 aliphatic rings. The van der Waals surface area contributed by atoms with Gasteiger partial charge in [-0.05, 0) is 60.7 Å². The van der Waals surface area contributed by atoms with E-state index < -0.39 is 98.5 Å². The lowest BCUT2D eigenvalue weighted by molar-refractivity contribution is -0.139. The number of nitrogens with one attached hydrogen (secondary N) is 1. The fourth-order valence-electron chi connectivity index (χ4n) is 9.12. The maximum absolute atomic E-state index is 15.3. The number of phenolic OH excluding ortho intramolecular Hbond substituents is 1. The second kappa shape index (κ2) is 13.8. The lowest BCUT2D eigenvalue weighted by Gasteiger charge is -2.50. The van der Waals surface area contributed by atoms with Crippen molar-refractivity contribution < 1.29 is 57.2 Å². The summed E-state index contributed by atoms with van der Waals surface area (Å²) in [5, 5.41) is 31.9. The molecule has 3 aromatic carbocycles. The predicted molar refractivity (Wildman–Crippen MR) is 199 cm³/mol. The molecular weight excluding hydrogens is 808 g/mol. The zero-order chi connectivity index (χ0) is 41.6. The molecule has 18 heteroatoms. The number of methoxy groups -OCH3 is 1. The van der Waals surface area contributed by atoms with Crippen molar-refractivity contribution in [1.29, 1.82) is 0 Å². The van der Waals surface area contributed by atoms with Crippen LogP contribution in [0, 0.1) is 23.7 Å². The van der Waals surface area contributed by atoms with Gasteiger partial charge < -0.3 is 20.1 Å². The van der Waals surface area contributed by atoms with Gasteiger partial charge in [-0.15, -0.1) is 0 Å². The summed E-state index contributed by atoms with van der Waals surface area (Å²) in [6, 6.07) is 14.4. The zero-order valence-corrected chi connectivity index (χ0v) is 31.3. The number of rotatable bonds is 7. The third-order valence-electron chi connectivity index (χ3n) is 11.6. The number of carboxylic acid groups (broad SMARTS) is 1. The first kappa shape index (κ1) is 38.7. The fraction of sp³-hybridized carbons (Fsp3) is 0.250. The van der Waals surface area contributed by atoms with Gasteiger partial charge in [-0.2, -0.15) is 18.2 Å². The molecule has 0 spiro atoms. The number of pyridine rings is 1. The molecule has 4 aromatic rings. The third kappa shape index (κ3) is 5.75. The Morgan fingerprint density at radius 1 is 0.931 bits per heavy atom. The Balaban J connectivity index is 1.30. The number of aromatic carboxylic acids is 1. The van der Waals surface area contributed by atoms with E-state index >= 15 is 4.79 Å². The molecule has 4 N–H and O–H groups in total. The summed E-state index contributed by atoms with van der Waals surface area (Å²) >= 11 is 12.5. The van der Waals surface area contributed by atoms with Crippen LogP contribution in [0.3, 0.4) is 0 Å². The Morgan fingerprint density at radius 3 is 2.28 bits per heavy atom. The number of hydrogen-bond acceptors (Lipinski definition) is 10. The minimum absolute atomic E-state index is 0.0132. The topological polar surface area (TPSA) is 187 Å². The molecule has 6 unspecified atom stereocenters. The van der Waals surface area contributed by atoms with Crippen molar-refractivity contribution in [3.8, 4) is 17.2 Å². The average molecular weight is 838 g/mol. The second-order valence-electron chi connectivity index (χ2n) is 14.4. The van der Waals surface area contributed by atoms with Gasteiger partial charge in [-0.25, -0.2) is 14.7 Å². The minimum Gasteiger partial charge on any atom is -0.508 e. The number of allylic oxidation sites excluding steroid dienone is 2. The first-order valence-corrected chi connectivity index (χ1v) is 18.4. The molecule has 58 heavy (non-hydrogen) atoms. The number of carboxylic acids is 1. The quantitative estimate of drug-likeness (QED) is 0.114. The normalized spacial score (nSPS) is 25.3. The van der Waals surface area contributed by atoms with Crippen molar-refractivity contribution in [3.05, 3.63) is 117 Å². The van der Waals surface area contributed by atoms with Crippen LogP contribution < -0.4 is 15.1 Å². The lowest BCUT2D eigenvalue weighted by atomic mass is 9.49. The molecule has 2 saturated heterocycles. The Labute approximate surface area is 336 Å². The van der Waals surface area contributed by atoms with Crippen molar-refractivity contribution in [3.63, 3.8) is 0 Å². The van der Waals surface area contributed by atoms with Gasteiger partial charge in [0.1, 0.15) is 22.8 Å². The van der Waals surface area contributed by atoms with Gasteiger partial charge in [0, 0.05) is 34.8 Å². The van der Waals surface area contributed by atoms with Crippen LogP contribution in [0.25, 0.3) is 0 Å². The number of fused-ring (bicyclic) bond motifs is 4. The van der Waals surface area contributed by atoms with Gasteiger partial charge in [0.25, 0.3) is 11.8 Å². The number of imide groups is 2. The number of ether oxygens (including phenoxy) is 1. The van der Waals surface area contributed by atoms with E-state index in [0.717, 1.165) is 17.0 Å². The van der Waals surface area contributed by atoms with Gasteiger partial charge in [-0.1, -0.05) is 53.1 Å². The summed E-state index contributed by atoms with van der Waals surface area (Å²) in [5.41, 5.74) is -0.170. The van der Waals surface area contributed by atoms with E-state index in [1.165, 1.54) is 43.5 Å². The molecule has 2 aliphatic heterocycles.